The molecule has 0 spiro atoms. The molecule has 2 N–H and O–H groups in total. The van der Waals surface area contributed by atoms with Crippen LogP contribution in [0.4, 0.5) is 0 Å². The maximum absolute atomic E-state index is 12.4. The van der Waals surface area contributed by atoms with Gasteiger partial charge in [0.2, 0.25) is 5.88 Å². The van der Waals surface area contributed by atoms with Gasteiger partial charge in [0.1, 0.15) is 6.10 Å². The largest absolute Gasteiger partial charge is 0.472 e. The molecule has 0 bridgehead atoms. The van der Waals surface area contributed by atoms with Crippen LogP contribution in [0.25, 0.3) is 21.7 Å². The second-order valence-electron chi connectivity index (χ2n) is 8.05. The van der Waals surface area contributed by atoms with Crippen molar-refractivity contribution in [2.24, 2.45) is 11.8 Å². The first-order valence-electron chi connectivity index (χ1n) is 10.4. The van der Waals surface area contributed by atoms with E-state index >= 15 is 0 Å². The Kier molecular flexibility index (Phi) is 5.03. The second kappa shape index (κ2) is 8.00. The number of para-hydroxylation sites is 1. The van der Waals surface area contributed by atoms with Gasteiger partial charge in [-0.05, 0) is 29.9 Å². The van der Waals surface area contributed by atoms with Crippen LogP contribution in [0.1, 0.15) is 12.8 Å². The number of aromatic nitrogens is 1. The molecule has 1 saturated carbocycles. The highest BCUT2D eigenvalue weighted by Crippen LogP contribution is 2.40. The van der Waals surface area contributed by atoms with Crippen molar-refractivity contribution >= 4 is 33.6 Å². The number of amides is 1. The number of allylic oxidation sites excluding steroid dienone is 1. The van der Waals surface area contributed by atoms with Crippen LogP contribution in [0.2, 0.25) is 0 Å². The van der Waals surface area contributed by atoms with Crippen LogP contribution in [0.3, 0.4) is 0 Å². The molecule has 31 heavy (non-hydrogen) atoms. The standard InChI is InChI=1S/C24H23N3O4/c1-2-14-11-19(14)24(29)31-27-22(28)21-12-15(13-25-21)30-23-18-9-4-3-7-16(18)17-8-5-6-10-20(17)26-23/h2-10,14-15,19,21,25H,1,11-13H2,(H,27,28)/t14?,15-,19?,21+/m1/s1. The third-order valence-corrected chi connectivity index (χ3v) is 5.96. The van der Waals surface area contributed by atoms with Crippen molar-refractivity contribution in [2.75, 3.05) is 6.54 Å². The molecule has 158 valence electrons. The molecule has 2 heterocycles. The van der Waals surface area contributed by atoms with Gasteiger partial charge in [0.25, 0.3) is 5.91 Å². The zero-order valence-electron chi connectivity index (χ0n) is 16.9. The molecule has 2 aromatic carbocycles. The molecular formula is C24H23N3O4. The average molecular weight is 417 g/mol. The number of rotatable bonds is 5. The Morgan fingerprint density at radius 2 is 1.81 bits per heavy atom. The molecule has 5 rings (SSSR count). The summed E-state index contributed by atoms with van der Waals surface area (Å²) in [5.41, 5.74) is 3.13. The number of nitrogens with zero attached hydrogens (tertiary/aromatic N) is 1. The van der Waals surface area contributed by atoms with Crippen molar-refractivity contribution in [1.82, 2.24) is 15.8 Å². The summed E-state index contributed by atoms with van der Waals surface area (Å²) in [5.74, 6) is -0.297. The van der Waals surface area contributed by atoms with Gasteiger partial charge in [0, 0.05) is 23.7 Å². The number of carbonyl (C=O) groups is 2. The van der Waals surface area contributed by atoms with Gasteiger partial charge >= 0.3 is 5.97 Å². The minimum absolute atomic E-state index is 0.149. The Morgan fingerprint density at radius 1 is 1.06 bits per heavy atom. The molecule has 7 nitrogen and oxygen atoms in total. The number of hydroxylamine groups is 1. The Bertz CT molecular complexity index is 1180. The average Bonchev–Trinajstić information content (AvgIpc) is 3.46. The lowest BCUT2D eigenvalue weighted by Gasteiger charge is -2.15. The van der Waals surface area contributed by atoms with Gasteiger partial charge in [-0.3, -0.25) is 4.79 Å². The van der Waals surface area contributed by atoms with E-state index in [9.17, 15) is 9.59 Å². The number of benzene rings is 2. The van der Waals surface area contributed by atoms with Crippen molar-refractivity contribution < 1.29 is 19.2 Å². The summed E-state index contributed by atoms with van der Waals surface area (Å²) in [4.78, 5) is 33.9. The maximum Gasteiger partial charge on any atom is 0.335 e. The van der Waals surface area contributed by atoms with Gasteiger partial charge in [-0.25, -0.2) is 9.78 Å². The number of nitrogens with one attached hydrogen (secondary N) is 2. The molecule has 1 amide bonds. The zero-order chi connectivity index (χ0) is 21.4. The number of hydrogen-bond donors (Lipinski definition) is 2. The SMILES string of the molecule is C=CC1CC1C(=O)ONC(=O)[C@@H]1C[C@@H](Oc2nc3ccccc3c3ccccc23)CN1. The minimum Gasteiger partial charge on any atom is -0.472 e. The fourth-order valence-corrected chi connectivity index (χ4v) is 4.11. The lowest BCUT2D eigenvalue weighted by molar-refractivity contribution is -0.160. The number of hydrogen-bond acceptors (Lipinski definition) is 6. The van der Waals surface area contributed by atoms with Crippen molar-refractivity contribution in [1.29, 1.82) is 0 Å². The van der Waals surface area contributed by atoms with Crippen molar-refractivity contribution in [2.45, 2.75) is 25.0 Å². The van der Waals surface area contributed by atoms with E-state index in [-0.39, 0.29) is 23.8 Å². The molecule has 2 aliphatic rings. The van der Waals surface area contributed by atoms with Gasteiger partial charge < -0.3 is 14.9 Å². The lowest BCUT2D eigenvalue weighted by atomic mass is 10.1. The van der Waals surface area contributed by atoms with E-state index in [0.717, 1.165) is 28.1 Å². The van der Waals surface area contributed by atoms with Crippen LogP contribution < -0.4 is 15.5 Å². The first-order chi connectivity index (χ1) is 15.1. The normalized spacial score (nSPS) is 24.6. The van der Waals surface area contributed by atoms with Crippen molar-refractivity contribution in [3.8, 4) is 5.88 Å². The molecule has 0 radical (unpaired) electrons. The van der Waals surface area contributed by atoms with Gasteiger partial charge in [0.15, 0.2) is 0 Å². The van der Waals surface area contributed by atoms with Crippen molar-refractivity contribution in [3.63, 3.8) is 0 Å². The Morgan fingerprint density at radius 3 is 2.58 bits per heavy atom. The molecule has 7 heteroatoms. The summed E-state index contributed by atoms with van der Waals surface area (Å²) >= 11 is 0. The lowest BCUT2D eigenvalue weighted by Crippen LogP contribution is -2.41. The van der Waals surface area contributed by atoms with E-state index in [4.69, 9.17) is 14.6 Å². The van der Waals surface area contributed by atoms with Gasteiger partial charge in [0.05, 0.1) is 17.5 Å². The summed E-state index contributed by atoms with van der Waals surface area (Å²) in [6.45, 7) is 4.16. The van der Waals surface area contributed by atoms with Gasteiger partial charge in [-0.2, -0.15) is 5.48 Å². The van der Waals surface area contributed by atoms with Crippen LogP contribution in [-0.2, 0) is 14.4 Å². The second-order valence-corrected chi connectivity index (χ2v) is 8.05. The first kappa shape index (κ1) is 19.5. The van der Waals surface area contributed by atoms with Crippen LogP contribution >= 0.6 is 0 Å². The summed E-state index contributed by atoms with van der Waals surface area (Å²) in [6, 6.07) is 15.5. The van der Waals surface area contributed by atoms with Crippen LogP contribution in [0.5, 0.6) is 5.88 Å². The number of pyridine rings is 1. The molecular weight excluding hydrogens is 394 g/mol. The Labute approximate surface area is 179 Å². The number of ether oxygens (including phenoxy) is 1. The van der Waals surface area contributed by atoms with Crippen molar-refractivity contribution in [3.05, 3.63) is 61.2 Å². The molecule has 1 saturated heterocycles. The molecule has 2 fully saturated rings. The van der Waals surface area contributed by atoms with Gasteiger partial charge in [-0.1, -0.05) is 42.5 Å². The smallest absolute Gasteiger partial charge is 0.335 e. The Hall–Kier alpha value is -3.45. The zero-order valence-corrected chi connectivity index (χ0v) is 16.9. The summed E-state index contributed by atoms with van der Waals surface area (Å²) in [5, 5.41) is 6.21. The molecule has 4 atom stereocenters. The van der Waals surface area contributed by atoms with E-state index in [0.29, 0.717) is 18.8 Å². The van der Waals surface area contributed by atoms with E-state index in [2.05, 4.69) is 23.4 Å². The van der Waals surface area contributed by atoms with Gasteiger partial charge in [-0.15, -0.1) is 6.58 Å². The molecule has 1 aromatic heterocycles. The third-order valence-electron chi connectivity index (χ3n) is 5.96. The monoisotopic (exact) mass is 417 g/mol. The topological polar surface area (TPSA) is 89.5 Å². The fourth-order valence-electron chi connectivity index (χ4n) is 4.11. The van der Waals surface area contributed by atoms with E-state index in [1.807, 2.05) is 42.5 Å². The molecule has 1 aliphatic carbocycles. The summed E-state index contributed by atoms with van der Waals surface area (Å²) in [6.07, 6.45) is 2.68. The van der Waals surface area contributed by atoms with Crippen LogP contribution in [0, 0.1) is 11.8 Å². The Balaban J connectivity index is 1.24. The van der Waals surface area contributed by atoms with Crippen LogP contribution in [0.15, 0.2) is 61.2 Å². The predicted octanol–water partition coefficient (Wildman–Crippen LogP) is 2.89. The maximum atomic E-state index is 12.4. The highest BCUT2D eigenvalue weighted by molar-refractivity contribution is 6.07. The fraction of sp³-hybridized carbons (Fsp3) is 0.292. The predicted molar refractivity (Wildman–Crippen MR) is 116 cm³/mol. The first-order valence-corrected chi connectivity index (χ1v) is 10.4. The number of fused-ring (bicyclic) bond motifs is 3. The number of carbonyl (C=O) groups excluding carboxylic acids is 2. The quantitative estimate of drug-likeness (QED) is 0.377. The highest BCUT2D eigenvalue weighted by Gasteiger charge is 2.43. The summed E-state index contributed by atoms with van der Waals surface area (Å²) in [7, 11) is 0. The highest BCUT2D eigenvalue weighted by atomic mass is 16.7. The molecule has 2 unspecified atom stereocenters. The summed E-state index contributed by atoms with van der Waals surface area (Å²) < 4.78 is 6.21. The van der Waals surface area contributed by atoms with Crippen LogP contribution in [-0.4, -0.2) is 35.6 Å². The molecule has 1 aliphatic heterocycles. The molecule has 3 aromatic rings. The van der Waals surface area contributed by atoms with E-state index in [1.54, 1.807) is 6.08 Å². The third kappa shape index (κ3) is 3.84. The van der Waals surface area contributed by atoms with E-state index in [1.165, 1.54) is 0 Å². The minimum atomic E-state index is -0.501. The van der Waals surface area contributed by atoms with E-state index < -0.39 is 12.0 Å².